The Balaban J connectivity index is 1.34. The quantitative estimate of drug-likeness (QED) is 0.304. The van der Waals surface area contributed by atoms with Gasteiger partial charge in [0, 0.05) is 47.6 Å². The number of nitrogens with zero attached hydrogens (tertiary/aromatic N) is 2. The van der Waals surface area contributed by atoms with Gasteiger partial charge in [0.15, 0.2) is 0 Å². The molecule has 164 valence electrons. The van der Waals surface area contributed by atoms with Crippen LogP contribution in [0.15, 0.2) is 94.6 Å². The van der Waals surface area contributed by atoms with Crippen molar-refractivity contribution in [3.05, 3.63) is 106 Å². The van der Waals surface area contributed by atoms with Crippen molar-refractivity contribution in [2.24, 2.45) is 0 Å². The van der Waals surface area contributed by atoms with Gasteiger partial charge in [-0.2, -0.15) is 0 Å². The first-order valence-electron chi connectivity index (χ1n) is 10.8. The zero-order valence-corrected chi connectivity index (χ0v) is 19.4. The fourth-order valence-electron chi connectivity index (χ4n) is 3.76. The average molecular weight is 492 g/mol. The second-order valence-electron chi connectivity index (χ2n) is 7.63. The molecule has 32 heavy (non-hydrogen) atoms. The molecule has 0 aliphatic rings. The molecule has 2 aromatic heterocycles. The fraction of sp³-hybridized carbons (Fsp3) is 0.231. The molecular weight excluding hydrogens is 466 g/mol. The highest BCUT2D eigenvalue weighted by molar-refractivity contribution is 9.10. The fourth-order valence-corrected chi connectivity index (χ4v) is 4.02. The summed E-state index contributed by atoms with van der Waals surface area (Å²) >= 11 is 3.44. The third-order valence-electron chi connectivity index (χ3n) is 5.46. The zero-order valence-electron chi connectivity index (χ0n) is 17.8. The largest absolute Gasteiger partial charge is 0.494 e. The number of hydrogen-bond acceptors (Lipinski definition) is 4. The van der Waals surface area contributed by atoms with Crippen LogP contribution in [0, 0.1) is 0 Å². The molecular formula is C26H26BrN3O2. The topological polar surface area (TPSA) is 56.2 Å². The molecule has 4 aromatic rings. The molecule has 1 atom stereocenters. The highest BCUT2D eigenvalue weighted by atomic mass is 79.9. The van der Waals surface area contributed by atoms with Gasteiger partial charge in [-0.15, -0.1) is 0 Å². The van der Waals surface area contributed by atoms with Gasteiger partial charge >= 0.3 is 0 Å². The Kier molecular flexibility index (Phi) is 7.69. The van der Waals surface area contributed by atoms with Gasteiger partial charge in [0.25, 0.3) is 5.56 Å². The Labute approximate surface area is 196 Å². The first-order valence-corrected chi connectivity index (χ1v) is 11.6. The number of hydrogen-bond donors (Lipinski definition) is 1. The lowest BCUT2D eigenvalue weighted by Crippen LogP contribution is -2.29. The number of rotatable bonds is 10. The molecule has 0 amide bonds. The number of aromatic nitrogens is 2. The maximum atomic E-state index is 12.7. The van der Waals surface area contributed by atoms with Gasteiger partial charge in [0.2, 0.25) is 0 Å². The summed E-state index contributed by atoms with van der Waals surface area (Å²) in [5.74, 6) is 0.872. The van der Waals surface area contributed by atoms with Crippen LogP contribution in [0.3, 0.4) is 0 Å². The Bertz CT molecular complexity index is 1190. The van der Waals surface area contributed by atoms with Crippen LogP contribution in [0.4, 0.5) is 0 Å². The van der Waals surface area contributed by atoms with Gasteiger partial charge in [-0.1, -0.05) is 34.1 Å². The van der Waals surface area contributed by atoms with Gasteiger partial charge in [-0.3, -0.25) is 9.78 Å². The van der Waals surface area contributed by atoms with E-state index in [4.69, 9.17) is 4.74 Å². The van der Waals surface area contributed by atoms with Crippen LogP contribution in [-0.2, 0) is 6.54 Å². The van der Waals surface area contributed by atoms with E-state index in [1.54, 1.807) is 4.57 Å². The summed E-state index contributed by atoms with van der Waals surface area (Å²) in [4.78, 5) is 16.9. The highest BCUT2D eigenvalue weighted by Gasteiger charge is 2.11. The van der Waals surface area contributed by atoms with Crippen LogP contribution in [0.25, 0.3) is 10.8 Å². The van der Waals surface area contributed by atoms with Gasteiger partial charge in [0.05, 0.1) is 6.61 Å². The van der Waals surface area contributed by atoms with Gasteiger partial charge < -0.3 is 14.6 Å². The molecule has 0 saturated carbocycles. The molecule has 0 saturated heterocycles. The smallest absolute Gasteiger partial charge is 0.258 e. The Morgan fingerprint density at radius 2 is 1.78 bits per heavy atom. The highest BCUT2D eigenvalue weighted by Crippen LogP contribution is 2.20. The van der Waals surface area contributed by atoms with Crippen LogP contribution in [0.1, 0.15) is 24.4 Å². The summed E-state index contributed by atoms with van der Waals surface area (Å²) < 4.78 is 8.68. The van der Waals surface area contributed by atoms with E-state index in [9.17, 15) is 4.79 Å². The molecule has 0 aliphatic carbocycles. The molecule has 1 unspecified atom stereocenters. The lowest BCUT2D eigenvalue weighted by atomic mass is 10.0. The minimum atomic E-state index is 0.0493. The summed E-state index contributed by atoms with van der Waals surface area (Å²) in [7, 11) is 0. The number of nitrogens with one attached hydrogen (secondary N) is 1. The summed E-state index contributed by atoms with van der Waals surface area (Å²) in [6.07, 6.45) is 7.34. The van der Waals surface area contributed by atoms with E-state index in [0.717, 1.165) is 33.8 Å². The van der Waals surface area contributed by atoms with Crippen molar-refractivity contribution in [3.63, 3.8) is 0 Å². The van der Waals surface area contributed by atoms with Crippen LogP contribution in [-0.4, -0.2) is 22.7 Å². The third kappa shape index (κ3) is 5.84. The number of pyridine rings is 2. The Morgan fingerprint density at radius 3 is 2.59 bits per heavy atom. The molecule has 0 spiro atoms. The Morgan fingerprint density at radius 1 is 1.00 bits per heavy atom. The van der Waals surface area contributed by atoms with E-state index < -0.39 is 0 Å². The van der Waals surface area contributed by atoms with Crippen molar-refractivity contribution >= 4 is 26.7 Å². The monoisotopic (exact) mass is 491 g/mol. The summed E-state index contributed by atoms with van der Waals surface area (Å²) in [5.41, 5.74) is 1.24. The molecule has 0 radical (unpaired) electrons. The molecule has 1 N–H and O–H groups in total. The minimum Gasteiger partial charge on any atom is -0.494 e. The lowest BCUT2D eigenvalue weighted by molar-refractivity contribution is 0.295. The van der Waals surface area contributed by atoms with Crippen LogP contribution in [0.5, 0.6) is 5.75 Å². The van der Waals surface area contributed by atoms with E-state index in [1.807, 2.05) is 85.3 Å². The third-order valence-corrected chi connectivity index (χ3v) is 5.99. The molecule has 6 heteroatoms. The summed E-state index contributed by atoms with van der Waals surface area (Å²) in [5, 5.41) is 5.35. The molecule has 0 aliphatic heterocycles. The van der Waals surface area contributed by atoms with E-state index in [1.165, 1.54) is 5.56 Å². The molecule has 0 fully saturated rings. The normalized spacial score (nSPS) is 12.0. The van der Waals surface area contributed by atoms with Gasteiger partial charge in [-0.05, 0) is 72.3 Å². The average Bonchev–Trinajstić information content (AvgIpc) is 2.84. The zero-order chi connectivity index (χ0) is 22.2. The van der Waals surface area contributed by atoms with Crippen molar-refractivity contribution in [1.82, 2.24) is 14.9 Å². The maximum absolute atomic E-state index is 12.7. The summed E-state index contributed by atoms with van der Waals surface area (Å²) in [6, 6.07) is 21.8. The van der Waals surface area contributed by atoms with Gasteiger partial charge in [-0.25, -0.2) is 0 Å². The van der Waals surface area contributed by atoms with E-state index in [0.29, 0.717) is 19.7 Å². The molecule has 4 rings (SSSR count). The van der Waals surface area contributed by atoms with Crippen molar-refractivity contribution in [2.75, 3.05) is 13.2 Å². The van der Waals surface area contributed by atoms with Crippen LogP contribution in [0.2, 0.25) is 0 Å². The maximum Gasteiger partial charge on any atom is 0.258 e. The first kappa shape index (κ1) is 22.2. The first-order chi connectivity index (χ1) is 15.7. The molecule has 0 bridgehead atoms. The van der Waals surface area contributed by atoms with Crippen molar-refractivity contribution < 1.29 is 4.74 Å². The van der Waals surface area contributed by atoms with Crippen LogP contribution >= 0.6 is 15.9 Å². The lowest BCUT2D eigenvalue weighted by Gasteiger charge is -2.20. The van der Waals surface area contributed by atoms with E-state index in [2.05, 4.69) is 26.2 Å². The number of halogens is 1. The molecule has 2 heterocycles. The molecule has 2 aromatic carbocycles. The SMILES string of the molecule is O=c1c2ccccc2ccn1CCNC(CCCOc1ccc(Br)cc1)c1ccncc1. The second-order valence-corrected chi connectivity index (χ2v) is 8.55. The number of benzene rings is 2. The summed E-state index contributed by atoms with van der Waals surface area (Å²) in [6.45, 7) is 1.95. The Hall–Kier alpha value is -2.96. The number of ether oxygens (including phenoxy) is 1. The van der Waals surface area contributed by atoms with E-state index in [-0.39, 0.29) is 11.6 Å². The van der Waals surface area contributed by atoms with Crippen molar-refractivity contribution in [1.29, 1.82) is 0 Å². The second kappa shape index (κ2) is 11.1. The standard InChI is InChI=1S/C26H26BrN3O2/c27-22-7-9-23(10-8-22)32-19-3-6-25(21-11-14-28-15-12-21)29-16-18-30-17-13-20-4-1-2-5-24(20)26(30)31/h1-2,4-5,7-15,17,25,29H,3,6,16,18-19H2. The molecule has 5 nitrogen and oxygen atoms in total. The van der Waals surface area contributed by atoms with Crippen molar-refractivity contribution in [3.8, 4) is 5.75 Å². The predicted octanol–water partition coefficient (Wildman–Crippen LogP) is 5.35. The minimum absolute atomic E-state index is 0.0493. The van der Waals surface area contributed by atoms with Gasteiger partial charge in [0.1, 0.15) is 5.75 Å². The van der Waals surface area contributed by atoms with Crippen molar-refractivity contribution in [2.45, 2.75) is 25.4 Å². The van der Waals surface area contributed by atoms with E-state index >= 15 is 0 Å². The predicted molar refractivity (Wildman–Crippen MR) is 132 cm³/mol. The van der Waals surface area contributed by atoms with Crippen LogP contribution < -0.4 is 15.6 Å². The number of fused-ring (bicyclic) bond motifs is 1.